The van der Waals surface area contributed by atoms with E-state index in [4.69, 9.17) is 25.8 Å². The highest BCUT2D eigenvalue weighted by Gasteiger charge is 2.09. The summed E-state index contributed by atoms with van der Waals surface area (Å²) in [4.78, 5) is 4.40. The Bertz CT molecular complexity index is 939. The zero-order valence-corrected chi connectivity index (χ0v) is 15.7. The lowest BCUT2D eigenvalue weighted by molar-refractivity contribution is 0.405. The molecule has 0 aliphatic rings. The van der Waals surface area contributed by atoms with Crippen molar-refractivity contribution in [3.8, 4) is 17.2 Å². The van der Waals surface area contributed by atoms with E-state index in [2.05, 4.69) is 25.8 Å². The number of hydrogen-bond acceptors (Lipinski definition) is 8. The molecule has 0 amide bonds. The molecule has 0 spiro atoms. The van der Waals surface area contributed by atoms with Crippen molar-refractivity contribution in [3.05, 3.63) is 47.6 Å². The van der Waals surface area contributed by atoms with Gasteiger partial charge in [0.05, 0.1) is 38.2 Å². The van der Waals surface area contributed by atoms with Gasteiger partial charge in [0.1, 0.15) is 17.2 Å². The van der Waals surface area contributed by atoms with Crippen molar-refractivity contribution >= 4 is 34.7 Å². The lowest BCUT2D eigenvalue weighted by Gasteiger charge is -2.12. The molecule has 0 aliphatic carbocycles. The van der Waals surface area contributed by atoms with Crippen molar-refractivity contribution in [3.63, 3.8) is 0 Å². The van der Waals surface area contributed by atoms with Gasteiger partial charge in [-0.15, -0.1) is 5.10 Å². The van der Waals surface area contributed by atoms with Crippen LogP contribution in [-0.2, 0) is 0 Å². The SMILES string of the molecule is COc1ccc(OC)c(Nc2cnnc(Nc3ccc(OC)c(Cl)c3)n2)c1. The fourth-order valence-corrected chi connectivity index (χ4v) is 2.60. The number of methoxy groups -OCH3 is 3. The van der Waals surface area contributed by atoms with Crippen LogP contribution in [0.15, 0.2) is 42.6 Å². The molecule has 140 valence electrons. The first-order chi connectivity index (χ1) is 13.1. The number of rotatable bonds is 7. The van der Waals surface area contributed by atoms with Crippen LogP contribution < -0.4 is 24.8 Å². The predicted molar refractivity (Wildman–Crippen MR) is 104 cm³/mol. The lowest BCUT2D eigenvalue weighted by Crippen LogP contribution is -2.03. The highest BCUT2D eigenvalue weighted by Crippen LogP contribution is 2.31. The zero-order chi connectivity index (χ0) is 19.2. The van der Waals surface area contributed by atoms with Crippen LogP contribution in [0.3, 0.4) is 0 Å². The molecule has 0 fully saturated rings. The van der Waals surface area contributed by atoms with E-state index in [9.17, 15) is 0 Å². The number of halogens is 1. The summed E-state index contributed by atoms with van der Waals surface area (Å²) in [5.41, 5.74) is 1.40. The summed E-state index contributed by atoms with van der Waals surface area (Å²) in [5, 5.41) is 14.6. The van der Waals surface area contributed by atoms with Crippen molar-refractivity contribution in [2.75, 3.05) is 32.0 Å². The summed E-state index contributed by atoms with van der Waals surface area (Å²) < 4.78 is 15.7. The van der Waals surface area contributed by atoms with E-state index in [0.717, 1.165) is 0 Å². The highest BCUT2D eigenvalue weighted by molar-refractivity contribution is 6.32. The van der Waals surface area contributed by atoms with Crippen LogP contribution in [0, 0.1) is 0 Å². The summed E-state index contributed by atoms with van der Waals surface area (Å²) in [5.74, 6) is 2.71. The molecule has 0 bridgehead atoms. The second kappa shape index (κ2) is 8.41. The summed E-state index contributed by atoms with van der Waals surface area (Å²) in [6, 6.07) is 10.7. The van der Waals surface area contributed by atoms with Gasteiger partial charge >= 0.3 is 0 Å². The van der Waals surface area contributed by atoms with Gasteiger partial charge in [0.15, 0.2) is 5.82 Å². The average molecular weight is 388 g/mol. The first-order valence-electron chi connectivity index (χ1n) is 7.92. The van der Waals surface area contributed by atoms with Crippen LogP contribution in [0.2, 0.25) is 5.02 Å². The van der Waals surface area contributed by atoms with Crippen molar-refractivity contribution in [2.24, 2.45) is 0 Å². The number of anilines is 4. The van der Waals surface area contributed by atoms with E-state index >= 15 is 0 Å². The van der Waals surface area contributed by atoms with Gasteiger partial charge < -0.3 is 24.8 Å². The Hall–Kier alpha value is -3.26. The van der Waals surface area contributed by atoms with Crippen molar-refractivity contribution in [2.45, 2.75) is 0 Å². The largest absolute Gasteiger partial charge is 0.497 e. The summed E-state index contributed by atoms with van der Waals surface area (Å²) >= 11 is 6.14. The minimum Gasteiger partial charge on any atom is -0.497 e. The molecule has 0 atom stereocenters. The molecule has 2 aromatic carbocycles. The number of nitrogens with one attached hydrogen (secondary N) is 2. The monoisotopic (exact) mass is 387 g/mol. The van der Waals surface area contributed by atoms with Crippen molar-refractivity contribution in [1.29, 1.82) is 0 Å². The summed E-state index contributed by atoms with van der Waals surface area (Å²) in [6.07, 6.45) is 1.51. The first kappa shape index (κ1) is 18.5. The fraction of sp³-hybridized carbons (Fsp3) is 0.167. The standard InChI is InChI=1S/C18H18ClN5O3/c1-25-12-5-7-16(27-3)14(9-12)22-17-10-20-24-18(23-17)21-11-4-6-15(26-2)13(19)8-11/h4-10H,1-3H3,(H2,21,22,23,24). The fourth-order valence-electron chi connectivity index (χ4n) is 2.34. The molecule has 3 rings (SSSR count). The Kier molecular flexibility index (Phi) is 5.77. The maximum absolute atomic E-state index is 6.14. The molecule has 1 aromatic heterocycles. The van der Waals surface area contributed by atoms with Crippen molar-refractivity contribution < 1.29 is 14.2 Å². The normalized spacial score (nSPS) is 10.2. The molecule has 9 heteroatoms. The molecule has 1 heterocycles. The van der Waals surface area contributed by atoms with E-state index < -0.39 is 0 Å². The Morgan fingerprint density at radius 2 is 1.67 bits per heavy atom. The van der Waals surface area contributed by atoms with E-state index in [-0.39, 0.29) is 0 Å². The summed E-state index contributed by atoms with van der Waals surface area (Å²) in [7, 11) is 4.74. The second-order valence-corrected chi connectivity index (χ2v) is 5.74. The second-order valence-electron chi connectivity index (χ2n) is 5.33. The number of hydrogen-bond donors (Lipinski definition) is 2. The number of benzene rings is 2. The molecule has 0 saturated carbocycles. The molecule has 3 aromatic rings. The quantitative estimate of drug-likeness (QED) is 0.627. The lowest BCUT2D eigenvalue weighted by atomic mass is 10.2. The third-order valence-electron chi connectivity index (χ3n) is 3.64. The maximum atomic E-state index is 6.14. The average Bonchev–Trinajstić information content (AvgIpc) is 2.68. The van der Waals surface area contributed by atoms with Crippen LogP contribution in [0.25, 0.3) is 0 Å². The molecule has 0 aliphatic heterocycles. The zero-order valence-electron chi connectivity index (χ0n) is 15.0. The smallest absolute Gasteiger partial charge is 0.249 e. The van der Waals surface area contributed by atoms with Crippen molar-refractivity contribution in [1.82, 2.24) is 15.2 Å². The van der Waals surface area contributed by atoms with Crippen LogP contribution in [0.5, 0.6) is 17.2 Å². The van der Waals surface area contributed by atoms with Gasteiger partial charge in [-0.1, -0.05) is 11.6 Å². The van der Waals surface area contributed by atoms with Gasteiger partial charge in [-0.25, -0.2) is 0 Å². The Balaban J connectivity index is 1.81. The van der Waals surface area contributed by atoms with Gasteiger partial charge in [0, 0.05) is 11.8 Å². The Morgan fingerprint density at radius 1 is 0.889 bits per heavy atom. The number of aromatic nitrogens is 3. The van der Waals surface area contributed by atoms with Gasteiger partial charge in [-0.05, 0) is 30.3 Å². The molecule has 2 N–H and O–H groups in total. The van der Waals surface area contributed by atoms with Gasteiger partial charge in [-0.3, -0.25) is 0 Å². The third-order valence-corrected chi connectivity index (χ3v) is 3.93. The van der Waals surface area contributed by atoms with E-state index in [1.165, 1.54) is 6.20 Å². The molecular formula is C18H18ClN5O3. The van der Waals surface area contributed by atoms with E-state index in [1.54, 1.807) is 51.7 Å². The molecule has 0 radical (unpaired) electrons. The van der Waals surface area contributed by atoms with Gasteiger partial charge in [0.2, 0.25) is 5.95 Å². The number of nitrogens with zero attached hydrogens (tertiary/aromatic N) is 3. The van der Waals surface area contributed by atoms with Crippen LogP contribution in [-0.4, -0.2) is 36.5 Å². The maximum Gasteiger partial charge on any atom is 0.249 e. The summed E-state index contributed by atoms with van der Waals surface area (Å²) in [6.45, 7) is 0. The van der Waals surface area contributed by atoms with Crippen LogP contribution >= 0.6 is 11.6 Å². The minimum atomic E-state index is 0.308. The van der Waals surface area contributed by atoms with Crippen LogP contribution in [0.4, 0.5) is 23.1 Å². The van der Waals surface area contributed by atoms with Gasteiger partial charge in [-0.2, -0.15) is 10.1 Å². The topological polar surface area (TPSA) is 90.4 Å². The highest BCUT2D eigenvalue weighted by atomic mass is 35.5. The number of ether oxygens (including phenoxy) is 3. The third kappa shape index (κ3) is 4.48. The predicted octanol–water partition coefficient (Wildman–Crippen LogP) is 4.04. The molecule has 27 heavy (non-hydrogen) atoms. The molecule has 0 saturated heterocycles. The molecular weight excluding hydrogens is 370 g/mol. The minimum absolute atomic E-state index is 0.308. The van der Waals surface area contributed by atoms with E-state index in [0.29, 0.717) is 45.4 Å². The van der Waals surface area contributed by atoms with E-state index in [1.807, 2.05) is 6.07 Å². The first-order valence-corrected chi connectivity index (χ1v) is 8.30. The molecule has 8 nitrogen and oxygen atoms in total. The van der Waals surface area contributed by atoms with Gasteiger partial charge in [0.25, 0.3) is 0 Å². The Labute approximate surface area is 161 Å². The molecule has 0 unspecified atom stereocenters. The van der Waals surface area contributed by atoms with Crippen LogP contribution in [0.1, 0.15) is 0 Å². The Morgan fingerprint density at radius 3 is 2.37 bits per heavy atom.